The first-order valence-corrected chi connectivity index (χ1v) is 6.86. The summed E-state index contributed by atoms with van der Waals surface area (Å²) >= 11 is 0. The van der Waals surface area contributed by atoms with Crippen molar-refractivity contribution in [1.29, 1.82) is 0 Å². The second-order valence-corrected chi connectivity index (χ2v) is 5.35. The monoisotopic (exact) mass is 270 g/mol. The van der Waals surface area contributed by atoms with Gasteiger partial charge in [0.05, 0.1) is 19.0 Å². The molecule has 0 saturated carbocycles. The van der Waals surface area contributed by atoms with Crippen molar-refractivity contribution in [2.75, 3.05) is 5.73 Å². The Morgan fingerprint density at radius 3 is 2.89 bits per heavy atom. The van der Waals surface area contributed by atoms with Gasteiger partial charge >= 0.3 is 0 Å². The molecule has 0 aromatic carbocycles. The van der Waals surface area contributed by atoms with Crippen LogP contribution in [0.2, 0.25) is 0 Å². The lowest BCUT2D eigenvalue weighted by molar-refractivity contribution is 0.498. The number of nitrogens with one attached hydrogen (secondary N) is 1. The lowest BCUT2D eigenvalue weighted by Gasteiger charge is -2.05. The Labute approximate surface area is 105 Å². The number of furan rings is 1. The maximum atomic E-state index is 12.0. The molecule has 3 N–H and O–H groups in total. The van der Waals surface area contributed by atoms with E-state index in [0.717, 1.165) is 0 Å². The van der Waals surface area contributed by atoms with Crippen LogP contribution in [0.4, 0.5) is 5.82 Å². The van der Waals surface area contributed by atoms with Gasteiger partial charge in [-0.3, -0.25) is 0 Å². The van der Waals surface area contributed by atoms with Crippen molar-refractivity contribution in [1.82, 2.24) is 14.5 Å². The molecule has 2 aromatic rings. The van der Waals surface area contributed by atoms with Gasteiger partial charge in [-0.1, -0.05) is 0 Å². The van der Waals surface area contributed by atoms with Gasteiger partial charge in [-0.05, 0) is 19.1 Å². The minimum absolute atomic E-state index is 0.0177. The van der Waals surface area contributed by atoms with Gasteiger partial charge in [0.2, 0.25) is 10.0 Å². The molecule has 0 unspecified atom stereocenters. The maximum Gasteiger partial charge on any atom is 0.246 e. The standard InChI is InChI=1S/C10H14N4O3S/c1-2-14-10(11)9(7-12-14)18(15,16)13-6-8-4-3-5-17-8/h3-5,7,13H,2,6,11H2,1H3. The summed E-state index contributed by atoms with van der Waals surface area (Å²) < 4.78 is 32.8. The van der Waals surface area contributed by atoms with Crippen molar-refractivity contribution in [2.24, 2.45) is 0 Å². The van der Waals surface area contributed by atoms with E-state index in [0.29, 0.717) is 12.3 Å². The third kappa shape index (κ3) is 2.39. The van der Waals surface area contributed by atoms with Crippen LogP contribution in [0.3, 0.4) is 0 Å². The van der Waals surface area contributed by atoms with E-state index in [1.165, 1.54) is 17.1 Å². The molecule has 0 saturated heterocycles. The summed E-state index contributed by atoms with van der Waals surface area (Å²) in [6.07, 6.45) is 2.72. The molecular weight excluding hydrogens is 256 g/mol. The Kier molecular flexibility index (Phi) is 3.39. The highest BCUT2D eigenvalue weighted by Gasteiger charge is 2.21. The first kappa shape index (κ1) is 12.7. The lowest BCUT2D eigenvalue weighted by Crippen LogP contribution is -2.23. The van der Waals surface area contributed by atoms with Crippen LogP contribution >= 0.6 is 0 Å². The molecule has 0 aliphatic carbocycles. The van der Waals surface area contributed by atoms with E-state index in [4.69, 9.17) is 10.2 Å². The molecule has 0 bridgehead atoms. The maximum absolute atomic E-state index is 12.0. The minimum Gasteiger partial charge on any atom is -0.468 e. The first-order chi connectivity index (χ1) is 8.54. The van der Waals surface area contributed by atoms with Crippen molar-refractivity contribution in [3.8, 4) is 0 Å². The number of anilines is 1. The third-order valence-electron chi connectivity index (χ3n) is 2.45. The Balaban J connectivity index is 2.17. The molecule has 2 rings (SSSR count). The van der Waals surface area contributed by atoms with Gasteiger partial charge in [0.15, 0.2) is 0 Å². The fourth-order valence-corrected chi connectivity index (χ4v) is 2.55. The van der Waals surface area contributed by atoms with E-state index in [1.807, 2.05) is 6.92 Å². The molecule has 98 valence electrons. The number of hydrogen-bond acceptors (Lipinski definition) is 5. The summed E-state index contributed by atoms with van der Waals surface area (Å²) in [4.78, 5) is -0.0177. The molecule has 2 heterocycles. The number of aryl methyl sites for hydroxylation is 1. The van der Waals surface area contributed by atoms with Crippen molar-refractivity contribution in [3.63, 3.8) is 0 Å². The molecule has 0 aliphatic rings. The number of rotatable bonds is 5. The fourth-order valence-electron chi connectivity index (χ4n) is 1.49. The van der Waals surface area contributed by atoms with Gasteiger partial charge in [-0.2, -0.15) is 5.10 Å². The van der Waals surface area contributed by atoms with Crippen LogP contribution in [0.5, 0.6) is 0 Å². The van der Waals surface area contributed by atoms with E-state index in [-0.39, 0.29) is 17.3 Å². The van der Waals surface area contributed by atoms with Crippen LogP contribution in [0, 0.1) is 0 Å². The van der Waals surface area contributed by atoms with Gasteiger partial charge in [0.1, 0.15) is 16.5 Å². The molecule has 0 fully saturated rings. The second-order valence-electron chi connectivity index (χ2n) is 3.61. The van der Waals surface area contributed by atoms with E-state index in [2.05, 4.69) is 9.82 Å². The molecule has 0 radical (unpaired) electrons. The minimum atomic E-state index is -3.67. The third-order valence-corrected chi connectivity index (χ3v) is 3.87. The average Bonchev–Trinajstić information content (AvgIpc) is 2.95. The molecule has 0 aliphatic heterocycles. The molecule has 7 nitrogen and oxygen atoms in total. The molecular formula is C10H14N4O3S. The molecule has 2 aromatic heterocycles. The zero-order chi connectivity index (χ0) is 13.2. The topological polar surface area (TPSA) is 103 Å². The van der Waals surface area contributed by atoms with Crippen LogP contribution in [0.1, 0.15) is 12.7 Å². The molecule has 0 amide bonds. The predicted molar refractivity (Wildman–Crippen MR) is 65.0 cm³/mol. The summed E-state index contributed by atoms with van der Waals surface area (Å²) in [7, 11) is -3.67. The van der Waals surface area contributed by atoms with Gasteiger partial charge in [0.25, 0.3) is 0 Å². The van der Waals surface area contributed by atoms with Gasteiger partial charge in [-0.25, -0.2) is 17.8 Å². The number of nitrogens with zero attached hydrogens (tertiary/aromatic N) is 2. The molecule has 0 atom stereocenters. The van der Waals surface area contributed by atoms with Crippen LogP contribution in [-0.4, -0.2) is 18.2 Å². The Morgan fingerprint density at radius 2 is 2.33 bits per heavy atom. The van der Waals surface area contributed by atoms with Gasteiger partial charge in [-0.15, -0.1) is 0 Å². The van der Waals surface area contributed by atoms with E-state index in [9.17, 15) is 8.42 Å². The molecule has 8 heteroatoms. The molecule has 18 heavy (non-hydrogen) atoms. The summed E-state index contributed by atoms with van der Waals surface area (Å²) in [5.74, 6) is 0.657. The highest BCUT2D eigenvalue weighted by atomic mass is 32.2. The Morgan fingerprint density at radius 1 is 1.56 bits per heavy atom. The first-order valence-electron chi connectivity index (χ1n) is 5.38. The van der Waals surface area contributed by atoms with Gasteiger partial charge < -0.3 is 10.2 Å². The van der Waals surface area contributed by atoms with Crippen LogP contribution < -0.4 is 10.5 Å². The quantitative estimate of drug-likeness (QED) is 0.826. The highest BCUT2D eigenvalue weighted by molar-refractivity contribution is 7.89. The summed E-state index contributed by atoms with van der Waals surface area (Å²) in [6.45, 7) is 2.42. The Hall–Kier alpha value is -1.80. The fraction of sp³-hybridized carbons (Fsp3) is 0.300. The summed E-state index contributed by atoms with van der Waals surface area (Å²) in [5, 5.41) is 3.89. The normalized spacial score (nSPS) is 11.8. The largest absolute Gasteiger partial charge is 0.468 e. The zero-order valence-corrected chi connectivity index (χ0v) is 10.6. The Bertz CT molecular complexity index is 616. The lowest BCUT2D eigenvalue weighted by atomic mass is 10.5. The van der Waals surface area contributed by atoms with E-state index < -0.39 is 10.0 Å². The zero-order valence-electron chi connectivity index (χ0n) is 9.83. The number of hydrogen-bond donors (Lipinski definition) is 2. The summed E-state index contributed by atoms with van der Waals surface area (Å²) in [6, 6.07) is 3.37. The van der Waals surface area contributed by atoms with E-state index in [1.54, 1.807) is 12.1 Å². The van der Waals surface area contributed by atoms with Crippen LogP contribution in [-0.2, 0) is 23.1 Å². The second kappa shape index (κ2) is 4.83. The SMILES string of the molecule is CCn1ncc(S(=O)(=O)NCc2ccco2)c1N. The van der Waals surface area contributed by atoms with Crippen molar-refractivity contribution < 1.29 is 12.8 Å². The molecule has 0 spiro atoms. The van der Waals surface area contributed by atoms with Crippen molar-refractivity contribution in [3.05, 3.63) is 30.4 Å². The predicted octanol–water partition coefficient (Wildman–Crippen LogP) is 0.557. The van der Waals surface area contributed by atoms with Crippen molar-refractivity contribution >= 4 is 15.8 Å². The van der Waals surface area contributed by atoms with Crippen LogP contribution in [0.15, 0.2) is 33.9 Å². The summed E-state index contributed by atoms with van der Waals surface area (Å²) in [5.41, 5.74) is 5.71. The smallest absolute Gasteiger partial charge is 0.246 e. The van der Waals surface area contributed by atoms with Crippen molar-refractivity contribution in [2.45, 2.75) is 24.9 Å². The number of sulfonamides is 1. The number of nitrogens with two attached hydrogens (primary N) is 1. The van der Waals surface area contributed by atoms with E-state index >= 15 is 0 Å². The van der Waals surface area contributed by atoms with Gasteiger partial charge in [0, 0.05) is 6.54 Å². The average molecular weight is 270 g/mol. The highest BCUT2D eigenvalue weighted by Crippen LogP contribution is 2.17. The number of nitrogen functional groups attached to an aromatic ring is 1. The number of aromatic nitrogens is 2. The van der Waals surface area contributed by atoms with Crippen LogP contribution in [0.25, 0.3) is 0 Å².